The van der Waals surface area contributed by atoms with Crippen molar-refractivity contribution in [1.82, 2.24) is 25.5 Å². The monoisotopic (exact) mass is 439 g/mol. The van der Waals surface area contributed by atoms with Crippen molar-refractivity contribution in [3.63, 3.8) is 0 Å². The maximum Gasteiger partial charge on any atom is 0.414 e. The van der Waals surface area contributed by atoms with Crippen molar-refractivity contribution in [3.8, 4) is 0 Å². The molecule has 2 aliphatic heterocycles. The fourth-order valence-corrected chi connectivity index (χ4v) is 3.46. The van der Waals surface area contributed by atoms with Gasteiger partial charge in [0.1, 0.15) is 11.8 Å². The quantitative estimate of drug-likeness (QED) is 0.528. The van der Waals surface area contributed by atoms with E-state index >= 15 is 0 Å². The Balaban J connectivity index is 1.48. The molecule has 0 radical (unpaired) electrons. The number of nitrogens with zero attached hydrogens (tertiary/aromatic N) is 6. The smallest absolute Gasteiger partial charge is 0.414 e. The minimum absolute atomic E-state index is 0.0252. The fraction of sp³-hybridized carbons (Fsp3) is 0.412. The zero-order chi connectivity index (χ0) is 22.0. The maximum atomic E-state index is 14.9. The lowest BCUT2D eigenvalue weighted by Crippen LogP contribution is -2.40. The van der Waals surface area contributed by atoms with Crippen molar-refractivity contribution in [1.29, 1.82) is 0 Å². The third-order valence-electron chi connectivity index (χ3n) is 4.87. The van der Waals surface area contributed by atoms with Gasteiger partial charge in [0, 0.05) is 31.4 Å². The highest BCUT2D eigenvalue weighted by molar-refractivity contribution is 5.90. The third kappa shape index (κ3) is 4.34. The standard InChI is InChI=1S/C17H19F2N7O5/c18-13-7-11(25-10-12(31-17(25)28)9-24-2-1-20-22-24)8-14(19)15(13)23-3-4-26(16(27)21-29)30-6-5-23/h1-2,7-8,12,29H,3-6,9-10H2,(H,21,27)/t12-/m0/s1. The summed E-state index contributed by atoms with van der Waals surface area (Å²) < 4.78 is 36.5. The number of benzene rings is 1. The van der Waals surface area contributed by atoms with Gasteiger partial charge >= 0.3 is 12.1 Å². The van der Waals surface area contributed by atoms with E-state index < -0.39 is 29.9 Å². The molecule has 2 fully saturated rings. The Labute approximate surface area is 174 Å². The van der Waals surface area contributed by atoms with Crippen molar-refractivity contribution in [3.05, 3.63) is 36.2 Å². The molecule has 4 rings (SSSR count). The van der Waals surface area contributed by atoms with Crippen molar-refractivity contribution in [2.45, 2.75) is 12.6 Å². The molecule has 0 spiro atoms. The average molecular weight is 439 g/mol. The topological polar surface area (TPSA) is 125 Å². The summed E-state index contributed by atoms with van der Waals surface area (Å²) in [5.74, 6) is -1.75. The number of ether oxygens (including phenoxy) is 1. The predicted octanol–water partition coefficient (Wildman–Crippen LogP) is 0.734. The van der Waals surface area contributed by atoms with Gasteiger partial charge in [-0.3, -0.25) is 14.9 Å². The van der Waals surface area contributed by atoms with E-state index in [1.165, 1.54) is 21.3 Å². The normalized spacial score (nSPS) is 19.4. The number of hydrogen-bond acceptors (Lipinski definition) is 8. The van der Waals surface area contributed by atoms with Gasteiger partial charge in [-0.25, -0.2) is 28.5 Å². The second kappa shape index (κ2) is 8.69. The van der Waals surface area contributed by atoms with E-state index in [1.807, 2.05) is 0 Å². The highest BCUT2D eigenvalue weighted by atomic mass is 19.1. The van der Waals surface area contributed by atoms with E-state index in [-0.39, 0.29) is 50.7 Å². The number of urea groups is 1. The number of nitrogens with one attached hydrogen (secondary N) is 1. The highest BCUT2D eigenvalue weighted by Crippen LogP contribution is 2.31. The number of aromatic nitrogens is 3. The van der Waals surface area contributed by atoms with E-state index in [0.717, 1.165) is 22.1 Å². The van der Waals surface area contributed by atoms with Crippen LogP contribution in [0.15, 0.2) is 24.5 Å². The molecule has 2 saturated heterocycles. The first-order valence-corrected chi connectivity index (χ1v) is 9.37. The van der Waals surface area contributed by atoms with E-state index in [2.05, 4.69) is 10.3 Å². The summed E-state index contributed by atoms with van der Waals surface area (Å²) in [6.07, 6.45) is 1.83. The van der Waals surface area contributed by atoms with Gasteiger partial charge in [-0.1, -0.05) is 5.21 Å². The van der Waals surface area contributed by atoms with Crippen LogP contribution in [0.5, 0.6) is 0 Å². The number of hydroxylamine groups is 3. The number of anilines is 2. The first-order chi connectivity index (χ1) is 15.0. The lowest BCUT2D eigenvalue weighted by atomic mass is 10.2. The Bertz CT molecular complexity index is 937. The number of amides is 3. The summed E-state index contributed by atoms with van der Waals surface area (Å²) in [6, 6.07) is 1.23. The largest absolute Gasteiger partial charge is 0.442 e. The number of carbonyl (C=O) groups excluding carboxylic acids is 2. The summed E-state index contributed by atoms with van der Waals surface area (Å²) in [4.78, 5) is 31.4. The second-order valence-electron chi connectivity index (χ2n) is 6.84. The van der Waals surface area contributed by atoms with Gasteiger partial charge in [-0.2, -0.15) is 5.06 Å². The molecule has 31 heavy (non-hydrogen) atoms. The summed E-state index contributed by atoms with van der Waals surface area (Å²) in [6.45, 7) is 0.461. The van der Waals surface area contributed by atoms with Crippen LogP contribution < -0.4 is 15.3 Å². The molecule has 0 bridgehead atoms. The summed E-state index contributed by atoms with van der Waals surface area (Å²) in [7, 11) is 0. The molecule has 1 aromatic carbocycles. The van der Waals surface area contributed by atoms with E-state index in [1.54, 1.807) is 6.20 Å². The van der Waals surface area contributed by atoms with Crippen molar-refractivity contribution >= 4 is 23.5 Å². The van der Waals surface area contributed by atoms with Gasteiger partial charge in [0.25, 0.3) is 0 Å². The van der Waals surface area contributed by atoms with Crippen LogP contribution in [0.25, 0.3) is 0 Å². The lowest BCUT2D eigenvalue weighted by molar-refractivity contribution is -0.112. The van der Waals surface area contributed by atoms with Crippen LogP contribution in [0, 0.1) is 11.6 Å². The molecule has 14 heteroatoms. The summed E-state index contributed by atoms with van der Waals surface area (Å²) in [5.41, 5.74) is 1.16. The van der Waals surface area contributed by atoms with Gasteiger partial charge in [-0.05, 0) is 0 Å². The molecule has 12 nitrogen and oxygen atoms in total. The predicted molar refractivity (Wildman–Crippen MR) is 99.2 cm³/mol. The van der Waals surface area contributed by atoms with Crippen LogP contribution in [-0.4, -0.2) is 76.3 Å². The fourth-order valence-electron chi connectivity index (χ4n) is 3.46. The summed E-state index contributed by atoms with van der Waals surface area (Å²) >= 11 is 0. The van der Waals surface area contributed by atoms with Gasteiger partial charge in [0.15, 0.2) is 11.6 Å². The lowest BCUT2D eigenvalue weighted by Gasteiger charge is -2.24. The van der Waals surface area contributed by atoms with E-state index in [0.29, 0.717) is 0 Å². The minimum Gasteiger partial charge on any atom is -0.442 e. The van der Waals surface area contributed by atoms with Gasteiger partial charge < -0.3 is 9.64 Å². The first kappa shape index (κ1) is 20.7. The number of halogens is 2. The van der Waals surface area contributed by atoms with Crippen LogP contribution >= 0.6 is 0 Å². The molecule has 166 valence electrons. The molecule has 2 N–H and O–H groups in total. The number of cyclic esters (lactones) is 1. The Hall–Kier alpha value is -3.52. The van der Waals surface area contributed by atoms with Crippen LogP contribution in [-0.2, 0) is 16.1 Å². The molecule has 2 aromatic rings. The highest BCUT2D eigenvalue weighted by Gasteiger charge is 2.34. The Kier molecular flexibility index (Phi) is 5.81. The van der Waals surface area contributed by atoms with E-state index in [9.17, 15) is 18.4 Å². The summed E-state index contributed by atoms with van der Waals surface area (Å²) in [5, 5.41) is 17.0. The van der Waals surface area contributed by atoms with Gasteiger partial charge in [0.05, 0.1) is 38.1 Å². The zero-order valence-electron chi connectivity index (χ0n) is 16.1. The molecule has 0 unspecified atom stereocenters. The van der Waals surface area contributed by atoms with Crippen LogP contribution in [0.1, 0.15) is 0 Å². The third-order valence-corrected chi connectivity index (χ3v) is 4.87. The Morgan fingerprint density at radius 3 is 2.71 bits per heavy atom. The van der Waals surface area contributed by atoms with Gasteiger partial charge in [0.2, 0.25) is 0 Å². The van der Waals surface area contributed by atoms with Gasteiger partial charge in [-0.15, -0.1) is 5.10 Å². The molecule has 0 aliphatic carbocycles. The second-order valence-corrected chi connectivity index (χ2v) is 6.84. The van der Waals surface area contributed by atoms with E-state index in [4.69, 9.17) is 14.8 Å². The number of rotatable bonds is 4. The van der Waals surface area contributed by atoms with Crippen LogP contribution in [0.3, 0.4) is 0 Å². The Morgan fingerprint density at radius 1 is 1.26 bits per heavy atom. The minimum atomic E-state index is -0.883. The van der Waals surface area contributed by atoms with Crippen molar-refractivity contribution in [2.24, 2.45) is 0 Å². The molecule has 3 heterocycles. The molecular formula is C17H19F2N7O5. The SMILES string of the molecule is O=C(NO)N1CCN(c2c(F)cc(N3C[C@H](Cn4ccnn4)OC3=O)cc2F)CCO1. The maximum absolute atomic E-state index is 14.9. The van der Waals surface area contributed by atoms with Crippen molar-refractivity contribution < 1.29 is 33.2 Å². The molecule has 0 saturated carbocycles. The van der Waals surface area contributed by atoms with Crippen LogP contribution in [0.2, 0.25) is 0 Å². The molecule has 2 aliphatic rings. The van der Waals surface area contributed by atoms with Crippen molar-refractivity contribution in [2.75, 3.05) is 42.6 Å². The number of carbonyl (C=O) groups is 2. The molecular weight excluding hydrogens is 420 g/mol. The molecule has 3 amide bonds. The zero-order valence-corrected chi connectivity index (χ0v) is 16.1. The number of hydrogen-bond donors (Lipinski definition) is 2. The van der Waals surface area contributed by atoms with Crippen LogP contribution in [0.4, 0.5) is 29.7 Å². The molecule has 1 atom stereocenters. The Morgan fingerprint density at radius 2 is 2.03 bits per heavy atom. The first-order valence-electron chi connectivity index (χ1n) is 9.37. The average Bonchev–Trinajstić information content (AvgIpc) is 3.31. The molecule has 1 aromatic heterocycles.